The van der Waals surface area contributed by atoms with E-state index in [1.807, 2.05) is 12.1 Å². The lowest BCUT2D eigenvalue weighted by atomic mass is 10.1. The summed E-state index contributed by atoms with van der Waals surface area (Å²) in [5.74, 6) is 0.362. The van der Waals surface area contributed by atoms with Crippen LogP contribution in [-0.4, -0.2) is 18.9 Å². The number of hydrogen-bond acceptors (Lipinski definition) is 4. The topological polar surface area (TPSA) is 91.2 Å². The standard InChI is InChI=1S/C24H21N3O3/c1-30-22-13-11-21(12-14-22)27-24(29)19-7-9-20(10-8-19)26-23(28)15-6-17-2-4-18(16-25)5-3-17/h2-5,7-14H,6,15H2,1H3,(H,26,28)(H,27,29). The molecule has 0 saturated heterocycles. The molecule has 30 heavy (non-hydrogen) atoms. The highest BCUT2D eigenvalue weighted by Crippen LogP contribution is 2.17. The van der Waals surface area contributed by atoms with E-state index in [1.54, 1.807) is 67.8 Å². The van der Waals surface area contributed by atoms with E-state index in [1.165, 1.54) is 0 Å². The first kappa shape index (κ1) is 20.6. The minimum absolute atomic E-state index is 0.116. The second kappa shape index (κ2) is 9.89. The van der Waals surface area contributed by atoms with E-state index in [9.17, 15) is 9.59 Å². The summed E-state index contributed by atoms with van der Waals surface area (Å²) in [5.41, 5.74) is 3.37. The lowest BCUT2D eigenvalue weighted by molar-refractivity contribution is -0.116. The van der Waals surface area contributed by atoms with Crippen molar-refractivity contribution in [2.45, 2.75) is 12.8 Å². The molecular weight excluding hydrogens is 378 g/mol. The molecule has 0 heterocycles. The first-order chi connectivity index (χ1) is 14.6. The van der Waals surface area contributed by atoms with Gasteiger partial charge in [-0.15, -0.1) is 0 Å². The number of benzene rings is 3. The molecule has 2 N–H and O–H groups in total. The van der Waals surface area contributed by atoms with Crippen molar-refractivity contribution in [3.63, 3.8) is 0 Å². The Bertz CT molecular complexity index is 1050. The molecule has 0 aromatic heterocycles. The highest BCUT2D eigenvalue weighted by molar-refractivity contribution is 6.04. The van der Waals surface area contributed by atoms with Crippen LogP contribution in [0.3, 0.4) is 0 Å². The number of nitriles is 1. The predicted molar refractivity (Wildman–Crippen MR) is 115 cm³/mol. The number of hydrogen-bond donors (Lipinski definition) is 2. The summed E-state index contributed by atoms with van der Waals surface area (Å²) in [5, 5.41) is 14.5. The quantitative estimate of drug-likeness (QED) is 0.616. The van der Waals surface area contributed by atoms with Gasteiger partial charge in [0.15, 0.2) is 0 Å². The van der Waals surface area contributed by atoms with Gasteiger partial charge in [-0.2, -0.15) is 5.26 Å². The Labute approximate surface area is 175 Å². The fraction of sp³-hybridized carbons (Fsp3) is 0.125. The predicted octanol–water partition coefficient (Wildman–Crippen LogP) is 4.39. The Hall–Kier alpha value is -4.11. The third-order valence-electron chi connectivity index (χ3n) is 4.50. The average molecular weight is 399 g/mol. The lowest BCUT2D eigenvalue weighted by Crippen LogP contribution is -2.14. The van der Waals surface area contributed by atoms with Crippen molar-refractivity contribution in [1.29, 1.82) is 5.26 Å². The fourth-order valence-corrected chi connectivity index (χ4v) is 2.81. The zero-order valence-electron chi connectivity index (χ0n) is 16.5. The molecule has 0 fully saturated rings. The van der Waals surface area contributed by atoms with E-state index in [0.717, 1.165) is 5.56 Å². The Kier molecular flexibility index (Phi) is 6.80. The largest absolute Gasteiger partial charge is 0.497 e. The van der Waals surface area contributed by atoms with Gasteiger partial charge < -0.3 is 15.4 Å². The Morgan fingerprint density at radius 3 is 2.07 bits per heavy atom. The molecule has 0 bridgehead atoms. The Morgan fingerprint density at radius 1 is 0.867 bits per heavy atom. The average Bonchev–Trinajstić information content (AvgIpc) is 2.79. The zero-order chi connectivity index (χ0) is 21.3. The molecule has 0 aliphatic heterocycles. The van der Waals surface area contributed by atoms with E-state index >= 15 is 0 Å². The second-order valence-electron chi connectivity index (χ2n) is 6.62. The Balaban J connectivity index is 1.50. The molecule has 0 unspecified atom stereocenters. The number of methoxy groups -OCH3 is 1. The van der Waals surface area contributed by atoms with Crippen molar-refractivity contribution in [2.24, 2.45) is 0 Å². The van der Waals surface area contributed by atoms with E-state index in [0.29, 0.717) is 41.1 Å². The van der Waals surface area contributed by atoms with Gasteiger partial charge in [-0.25, -0.2) is 0 Å². The number of nitrogens with zero attached hydrogens (tertiary/aromatic N) is 1. The molecule has 0 radical (unpaired) electrons. The van der Waals surface area contributed by atoms with Gasteiger partial charge in [0.1, 0.15) is 5.75 Å². The molecule has 0 atom stereocenters. The first-order valence-corrected chi connectivity index (χ1v) is 9.42. The van der Waals surface area contributed by atoms with Crippen LogP contribution in [-0.2, 0) is 11.2 Å². The van der Waals surface area contributed by atoms with Crippen LogP contribution in [0.5, 0.6) is 5.75 Å². The molecule has 6 nitrogen and oxygen atoms in total. The van der Waals surface area contributed by atoms with Crippen molar-refractivity contribution >= 4 is 23.2 Å². The first-order valence-electron chi connectivity index (χ1n) is 9.42. The maximum absolute atomic E-state index is 12.4. The number of aryl methyl sites for hydroxylation is 1. The maximum atomic E-state index is 12.4. The molecule has 150 valence electrons. The van der Waals surface area contributed by atoms with E-state index < -0.39 is 0 Å². The monoisotopic (exact) mass is 399 g/mol. The minimum Gasteiger partial charge on any atom is -0.497 e. The van der Waals surface area contributed by atoms with Crippen LogP contribution in [0.4, 0.5) is 11.4 Å². The number of carbonyl (C=O) groups is 2. The molecular formula is C24H21N3O3. The van der Waals surface area contributed by atoms with Gasteiger partial charge in [-0.1, -0.05) is 12.1 Å². The molecule has 3 rings (SSSR count). The summed E-state index contributed by atoms with van der Waals surface area (Å²) in [7, 11) is 1.58. The van der Waals surface area contributed by atoms with Crippen molar-refractivity contribution in [2.75, 3.05) is 17.7 Å². The van der Waals surface area contributed by atoms with Crippen LogP contribution in [0.25, 0.3) is 0 Å². The number of anilines is 2. The third kappa shape index (κ3) is 5.69. The van der Waals surface area contributed by atoms with Crippen LogP contribution in [0, 0.1) is 11.3 Å². The van der Waals surface area contributed by atoms with Gasteiger partial charge >= 0.3 is 0 Å². The molecule has 6 heteroatoms. The van der Waals surface area contributed by atoms with Crippen LogP contribution in [0.2, 0.25) is 0 Å². The van der Waals surface area contributed by atoms with Crippen molar-refractivity contribution in [3.05, 3.63) is 89.5 Å². The smallest absolute Gasteiger partial charge is 0.255 e. The number of ether oxygens (including phenoxy) is 1. The molecule has 0 aliphatic rings. The summed E-state index contributed by atoms with van der Waals surface area (Å²) in [6.45, 7) is 0. The summed E-state index contributed by atoms with van der Waals surface area (Å²) in [4.78, 5) is 24.5. The molecule has 3 aromatic carbocycles. The summed E-state index contributed by atoms with van der Waals surface area (Å²) >= 11 is 0. The third-order valence-corrected chi connectivity index (χ3v) is 4.50. The van der Waals surface area contributed by atoms with E-state index in [4.69, 9.17) is 10.00 Å². The van der Waals surface area contributed by atoms with Crippen LogP contribution in [0.15, 0.2) is 72.8 Å². The van der Waals surface area contributed by atoms with Gasteiger partial charge in [-0.05, 0) is 72.6 Å². The van der Waals surface area contributed by atoms with Gasteiger partial charge in [0.05, 0.1) is 18.7 Å². The van der Waals surface area contributed by atoms with Crippen LogP contribution >= 0.6 is 0 Å². The number of rotatable bonds is 7. The van der Waals surface area contributed by atoms with Gasteiger partial charge in [0.2, 0.25) is 5.91 Å². The van der Waals surface area contributed by atoms with Crippen molar-refractivity contribution in [1.82, 2.24) is 0 Å². The molecule has 0 spiro atoms. The molecule has 2 amide bonds. The summed E-state index contributed by atoms with van der Waals surface area (Å²) in [6, 6.07) is 23.0. The van der Waals surface area contributed by atoms with Crippen LogP contribution < -0.4 is 15.4 Å². The minimum atomic E-state index is -0.237. The normalized spacial score (nSPS) is 10.0. The van der Waals surface area contributed by atoms with Gasteiger partial charge in [-0.3, -0.25) is 9.59 Å². The van der Waals surface area contributed by atoms with E-state index in [2.05, 4.69) is 16.7 Å². The maximum Gasteiger partial charge on any atom is 0.255 e. The second-order valence-corrected chi connectivity index (χ2v) is 6.62. The van der Waals surface area contributed by atoms with E-state index in [-0.39, 0.29) is 11.8 Å². The molecule has 3 aromatic rings. The number of amides is 2. The van der Waals surface area contributed by atoms with Crippen molar-refractivity contribution < 1.29 is 14.3 Å². The molecule has 0 aliphatic carbocycles. The van der Waals surface area contributed by atoms with Gasteiger partial charge in [0, 0.05) is 23.4 Å². The SMILES string of the molecule is COc1ccc(NC(=O)c2ccc(NC(=O)CCc3ccc(C#N)cc3)cc2)cc1. The summed E-state index contributed by atoms with van der Waals surface area (Å²) < 4.78 is 5.10. The Morgan fingerprint density at radius 2 is 1.47 bits per heavy atom. The van der Waals surface area contributed by atoms with Crippen molar-refractivity contribution in [3.8, 4) is 11.8 Å². The highest BCUT2D eigenvalue weighted by atomic mass is 16.5. The number of carbonyl (C=O) groups excluding carboxylic acids is 2. The van der Waals surface area contributed by atoms with Crippen LogP contribution in [0.1, 0.15) is 27.9 Å². The lowest BCUT2D eigenvalue weighted by Gasteiger charge is -2.08. The van der Waals surface area contributed by atoms with Gasteiger partial charge in [0.25, 0.3) is 5.91 Å². The zero-order valence-corrected chi connectivity index (χ0v) is 16.5. The molecule has 0 saturated carbocycles. The fourth-order valence-electron chi connectivity index (χ4n) is 2.81. The summed E-state index contributed by atoms with van der Waals surface area (Å²) in [6.07, 6.45) is 0.908. The highest BCUT2D eigenvalue weighted by Gasteiger charge is 2.08. The number of nitrogens with one attached hydrogen (secondary N) is 2.